The number of hydrogen-bond acceptors (Lipinski definition) is 3. The summed E-state index contributed by atoms with van der Waals surface area (Å²) in [6.45, 7) is 2.36. The number of carboxylic acid groups (broad SMARTS) is 1. The molecular weight excluding hydrogens is 182 g/mol. The first-order valence-electron chi connectivity index (χ1n) is 5.29. The van der Waals surface area contributed by atoms with Crippen LogP contribution in [0.4, 0.5) is 0 Å². The second kappa shape index (κ2) is 3.87. The Bertz CT molecular complexity index is 217. The highest BCUT2D eigenvalue weighted by molar-refractivity contribution is 5.79. The number of ether oxygens (including phenoxy) is 1. The minimum absolute atomic E-state index is 0.427. The van der Waals surface area contributed by atoms with Gasteiger partial charge < -0.3 is 15.2 Å². The van der Waals surface area contributed by atoms with E-state index in [0.717, 1.165) is 45.4 Å². The van der Waals surface area contributed by atoms with Gasteiger partial charge in [-0.15, -0.1) is 0 Å². The molecule has 4 heteroatoms. The third kappa shape index (κ3) is 1.77. The molecule has 0 bridgehead atoms. The normalized spacial score (nSPS) is 37.6. The lowest BCUT2D eigenvalue weighted by Gasteiger charge is -2.26. The van der Waals surface area contributed by atoms with E-state index in [0.29, 0.717) is 5.92 Å². The number of rotatable bonds is 3. The van der Waals surface area contributed by atoms with Crippen molar-refractivity contribution >= 4 is 5.97 Å². The molecular formula is C10H17NO3. The van der Waals surface area contributed by atoms with Gasteiger partial charge >= 0.3 is 5.97 Å². The van der Waals surface area contributed by atoms with E-state index in [1.54, 1.807) is 0 Å². The summed E-state index contributed by atoms with van der Waals surface area (Å²) in [4.78, 5) is 11.2. The maximum atomic E-state index is 11.2. The molecule has 0 radical (unpaired) electrons. The Balaban J connectivity index is 1.99. The predicted octanol–water partition coefficient (Wildman–Crippen LogP) is 0.620. The lowest BCUT2D eigenvalue weighted by atomic mass is 9.85. The van der Waals surface area contributed by atoms with Gasteiger partial charge in [0.15, 0.2) is 0 Å². The van der Waals surface area contributed by atoms with Gasteiger partial charge in [-0.2, -0.15) is 0 Å². The summed E-state index contributed by atoms with van der Waals surface area (Å²) in [6.07, 6.45) is 3.47. The molecule has 14 heavy (non-hydrogen) atoms. The molecule has 2 aliphatic rings. The molecule has 2 aliphatic heterocycles. The van der Waals surface area contributed by atoms with Crippen LogP contribution >= 0.6 is 0 Å². The number of nitrogens with one attached hydrogen (secondary N) is 1. The van der Waals surface area contributed by atoms with Gasteiger partial charge in [-0.3, -0.25) is 4.79 Å². The first kappa shape index (κ1) is 9.93. The van der Waals surface area contributed by atoms with Crippen molar-refractivity contribution in [3.8, 4) is 0 Å². The summed E-state index contributed by atoms with van der Waals surface area (Å²) in [6, 6.07) is 0. The highest BCUT2D eigenvalue weighted by Crippen LogP contribution is 2.30. The monoisotopic (exact) mass is 199 g/mol. The van der Waals surface area contributed by atoms with E-state index in [4.69, 9.17) is 4.74 Å². The van der Waals surface area contributed by atoms with E-state index < -0.39 is 11.5 Å². The Morgan fingerprint density at radius 2 is 2.50 bits per heavy atom. The van der Waals surface area contributed by atoms with Crippen LogP contribution in [0.5, 0.6) is 0 Å². The van der Waals surface area contributed by atoms with Crippen molar-refractivity contribution in [3.63, 3.8) is 0 Å². The third-order valence-electron chi connectivity index (χ3n) is 3.31. The molecule has 0 aromatic heterocycles. The minimum atomic E-state index is -0.693. The average molecular weight is 199 g/mol. The fourth-order valence-electron chi connectivity index (χ4n) is 2.49. The van der Waals surface area contributed by atoms with Crippen LogP contribution in [0.1, 0.15) is 25.7 Å². The summed E-state index contributed by atoms with van der Waals surface area (Å²) in [5, 5.41) is 12.4. The van der Waals surface area contributed by atoms with Gasteiger partial charge in [0.25, 0.3) is 0 Å². The largest absolute Gasteiger partial charge is 0.480 e. The number of carboxylic acids is 1. The molecule has 2 unspecified atom stereocenters. The summed E-state index contributed by atoms with van der Waals surface area (Å²) in [5.41, 5.74) is -0.654. The van der Waals surface area contributed by atoms with Crippen LogP contribution in [0.2, 0.25) is 0 Å². The van der Waals surface area contributed by atoms with Gasteiger partial charge in [-0.1, -0.05) is 0 Å². The van der Waals surface area contributed by atoms with E-state index in [-0.39, 0.29) is 0 Å². The third-order valence-corrected chi connectivity index (χ3v) is 3.31. The first-order chi connectivity index (χ1) is 6.73. The molecule has 2 fully saturated rings. The minimum Gasteiger partial charge on any atom is -0.480 e. The molecule has 2 N–H and O–H groups in total. The van der Waals surface area contributed by atoms with Gasteiger partial charge in [-0.05, 0) is 38.1 Å². The summed E-state index contributed by atoms with van der Waals surface area (Å²) >= 11 is 0. The zero-order chi connectivity index (χ0) is 10.0. The summed E-state index contributed by atoms with van der Waals surface area (Å²) < 4.78 is 5.27. The maximum absolute atomic E-state index is 11.2. The maximum Gasteiger partial charge on any atom is 0.323 e. The van der Waals surface area contributed by atoms with Gasteiger partial charge in [0.05, 0.1) is 0 Å². The smallest absolute Gasteiger partial charge is 0.323 e. The van der Waals surface area contributed by atoms with Crippen LogP contribution in [0, 0.1) is 5.92 Å². The van der Waals surface area contributed by atoms with Crippen LogP contribution in [0.25, 0.3) is 0 Å². The Morgan fingerprint density at radius 1 is 1.64 bits per heavy atom. The van der Waals surface area contributed by atoms with E-state index >= 15 is 0 Å². The van der Waals surface area contributed by atoms with Crippen molar-refractivity contribution in [1.29, 1.82) is 0 Å². The molecule has 0 aliphatic carbocycles. The Labute approximate surface area is 83.6 Å². The van der Waals surface area contributed by atoms with Crippen molar-refractivity contribution < 1.29 is 14.6 Å². The summed E-state index contributed by atoms with van der Waals surface area (Å²) in [7, 11) is 0. The lowest BCUT2D eigenvalue weighted by molar-refractivity contribution is -0.145. The molecule has 0 aromatic rings. The SMILES string of the molecule is O=C(O)C1(CC2CCOC2)CCCN1. The quantitative estimate of drug-likeness (QED) is 0.699. The number of carbonyl (C=O) groups is 1. The molecule has 2 saturated heterocycles. The standard InChI is InChI=1S/C10H17NO3/c12-9(13)10(3-1-4-11-10)6-8-2-5-14-7-8/h8,11H,1-7H2,(H,12,13). The molecule has 0 spiro atoms. The van der Waals surface area contributed by atoms with E-state index in [1.807, 2.05) is 0 Å². The van der Waals surface area contributed by atoms with Crippen LogP contribution in [-0.4, -0.2) is 36.4 Å². The Hall–Kier alpha value is -0.610. The van der Waals surface area contributed by atoms with Gasteiger partial charge in [0, 0.05) is 13.2 Å². The lowest BCUT2D eigenvalue weighted by Crippen LogP contribution is -2.49. The van der Waals surface area contributed by atoms with Gasteiger partial charge in [0.1, 0.15) is 5.54 Å². The van der Waals surface area contributed by atoms with Crippen LogP contribution in [-0.2, 0) is 9.53 Å². The van der Waals surface area contributed by atoms with E-state index in [1.165, 1.54) is 0 Å². The molecule has 4 nitrogen and oxygen atoms in total. The molecule has 2 heterocycles. The summed E-state index contributed by atoms with van der Waals surface area (Å²) in [5.74, 6) is -0.265. The Kier molecular flexibility index (Phi) is 2.74. The fraction of sp³-hybridized carbons (Fsp3) is 0.900. The van der Waals surface area contributed by atoms with E-state index in [9.17, 15) is 9.90 Å². The number of hydrogen-bond donors (Lipinski definition) is 2. The highest BCUT2D eigenvalue weighted by atomic mass is 16.5. The van der Waals surface area contributed by atoms with Crippen molar-refractivity contribution in [3.05, 3.63) is 0 Å². The van der Waals surface area contributed by atoms with Crippen molar-refractivity contribution in [2.24, 2.45) is 5.92 Å². The Morgan fingerprint density at radius 3 is 3.00 bits per heavy atom. The predicted molar refractivity (Wildman–Crippen MR) is 51.1 cm³/mol. The van der Waals surface area contributed by atoms with Crippen molar-refractivity contribution in [1.82, 2.24) is 5.32 Å². The molecule has 2 atom stereocenters. The zero-order valence-electron chi connectivity index (χ0n) is 8.29. The van der Waals surface area contributed by atoms with Crippen LogP contribution in [0.3, 0.4) is 0 Å². The van der Waals surface area contributed by atoms with Crippen molar-refractivity contribution in [2.75, 3.05) is 19.8 Å². The van der Waals surface area contributed by atoms with Crippen LogP contribution in [0.15, 0.2) is 0 Å². The molecule has 0 aromatic carbocycles. The number of aliphatic carboxylic acids is 1. The fourth-order valence-corrected chi connectivity index (χ4v) is 2.49. The molecule has 0 amide bonds. The molecule has 2 rings (SSSR count). The second-order valence-corrected chi connectivity index (χ2v) is 4.35. The zero-order valence-corrected chi connectivity index (χ0v) is 8.29. The second-order valence-electron chi connectivity index (χ2n) is 4.35. The average Bonchev–Trinajstić information content (AvgIpc) is 2.76. The molecule has 0 saturated carbocycles. The van der Waals surface area contributed by atoms with Crippen LogP contribution < -0.4 is 5.32 Å². The first-order valence-corrected chi connectivity index (χ1v) is 5.29. The van der Waals surface area contributed by atoms with E-state index in [2.05, 4.69) is 5.32 Å². The molecule has 80 valence electrons. The van der Waals surface area contributed by atoms with Gasteiger partial charge in [-0.25, -0.2) is 0 Å². The van der Waals surface area contributed by atoms with Gasteiger partial charge in [0.2, 0.25) is 0 Å². The highest BCUT2D eigenvalue weighted by Gasteiger charge is 2.43. The topological polar surface area (TPSA) is 58.6 Å². The van der Waals surface area contributed by atoms with Crippen molar-refractivity contribution in [2.45, 2.75) is 31.2 Å².